The largest absolute Gasteiger partial charge is 0.477 e. The van der Waals surface area contributed by atoms with Crippen LogP contribution in [0.25, 0.3) is 10.9 Å². The SMILES string of the molecule is CC(Oc1c(I)cc(Cl)c2cccnc12)C(=O)Nc1ccc(Br)cc1. The molecule has 25 heavy (non-hydrogen) atoms. The van der Waals surface area contributed by atoms with Crippen LogP contribution in [0.4, 0.5) is 5.69 Å². The van der Waals surface area contributed by atoms with Gasteiger partial charge in [0.2, 0.25) is 0 Å². The molecule has 0 fully saturated rings. The molecule has 4 nitrogen and oxygen atoms in total. The van der Waals surface area contributed by atoms with E-state index in [0.29, 0.717) is 22.0 Å². The number of fused-ring (bicyclic) bond motifs is 1. The molecular weight excluding hydrogens is 518 g/mol. The zero-order valence-corrected chi connectivity index (χ0v) is 17.6. The first kappa shape index (κ1) is 18.4. The van der Waals surface area contributed by atoms with E-state index >= 15 is 0 Å². The van der Waals surface area contributed by atoms with Gasteiger partial charge >= 0.3 is 0 Å². The van der Waals surface area contributed by atoms with E-state index in [1.807, 2.05) is 36.4 Å². The van der Waals surface area contributed by atoms with Crippen molar-refractivity contribution < 1.29 is 9.53 Å². The second-order valence-electron chi connectivity index (χ2n) is 5.33. The Bertz CT molecular complexity index is 934. The lowest BCUT2D eigenvalue weighted by molar-refractivity contribution is -0.122. The van der Waals surface area contributed by atoms with Gasteiger partial charge in [0.1, 0.15) is 5.52 Å². The highest BCUT2D eigenvalue weighted by Gasteiger charge is 2.19. The molecule has 0 bridgehead atoms. The Morgan fingerprint density at radius 3 is 2.76 bits per heavy atom. The Hall–Kier alpha value is -1.38. The Morgan fingerprint density at radius 1 is 1.32 bits per heavy atom. The van der Waals surface area contributed by atoms with Crippen LogP contribution in [0.15, 0.2) is 53.1 Å². The van der Waals surface area contributed by atoms with Crippen LogP contribution < -0.4 is 10.1 Å². The Labute approximate surface area is 172 Å². The molecule has 1 unspecified atom stereocenters. The van der Waals surface area contributed by atoms with Gasteiger partial charge in [0.15, 0.2) is 11.9 Å². The first-order chi connectivity index (χ1) is 12.0. The Kier molecular flexibility index (Phi) is 5.81. The topological polar surface area (TPSA) is 51.2 Å². The van der Waals surface area contributed by atoms with Crippen molar-refractivity contribution in [1.29, 1.82) is 0 Å². The maximum atomic E-state index is 12.4. The fourth-order valence-corrected chi connectivity index (χ4v) is 3.67. The molecule has 3 rings (SSSR count). The lowest BCUT2D eigenvalue weighted by Gasteiger charge is -2.17. The van der Waals surface area contributed by atoms with Crippen LogP contribution in [0.3, 0.4) is 0 Å². The predicted molar refractivity (Wildman–Crippen MR) is 112 cm³/mol. The predicted octanol–water partition coefficient (Wildman–Crippen LogP) is 5.66. The van der Waals surface area contributed by atoms with Gasteiger partial charge in [0.25, 0.3) is 5.91 Å². The number of hydrogen-bond donors (Lipinski definition) is 1. The summed E-state index contributed by atoms with van der Waals surface area (Å²) in [6.45, 7) is 1.70. The molecule has 7 heteroatoms. The van der Waals surface area contributed by atoms with Crippen molar-refractivity contribution in [2.24, 2.45) is 0 Å². The number of nitrogens with one attached hydrogen (secondary N) is 1. The smallest absolute Gasteiger partial charge is 0.265 e. The summed E-state index contributed by atoms with van der Waals surface area (Å²) >= 11 is 11.8. The summed E-state index contributed by atoms with van der Waals surface area (Å²) in [5.41, 5.74) is 1.35. The first-order valence-corrected chi connectivity index (χ1v) is 9.66. The lowest BCUT2D eigenvalue weighted by atomic mass is 10.2. The fraction of sp³-hybridized carbons (Fsp3) is 0.111. The van der Waals surface area contributed by atoms with Crippen LogP contribution >= 0.6 is 50.1 Å². The Morgan fingerprint density at radius 2 is 2.04 bits per heavy atom. The fourth-order valence-electron chi connectivity index (χ4n) is 2.27. The quantitative estimate of drug-likeness (QED) is 0.442. The Balaban J connectivity index is 1.83. The number of rotatable bonds is 4. The average molecular weight is 532 g/mol. The van der Waals surface area contributed by atoms with Crippen molar-refractivity contribution in [2.45, 2.75) is 13.0 Å². The van der Waals surface area contributed by atoms with Crippen LogP contribution in [0.2, 0.25) is 5.02 Å². The molecule has 3 aromatic rings. The number of nitrogens with zero attached hydrogens (tertiary/aromatic N) is 1. The van der Waals surface area contributed by atoms with Gasteiger partial charge in [-0.25, -0.2) is 0 Å². The summed E-state index contributed by atoms with van der Waals surface area (Å²) < 4.78 is 7.67. The second-order valence-corrected chi connectivity index (χ2v) is 7.81. The maximum Gasteiger partial charge on any atom is 0.265 e. The van der Waals surface area contributed by atoms with Crippen LogP contribution in [0.5, 0.6) is 5.75 Å². The summed E-state index contributed by atoms with van der Waals surface area (Å²) in [4.78, 5) is 16.8. The van der Waals surface area contributed by atoms with Gasteiger partial charge in [-0.05, 0) is 72.0 Å². The number of pyridine rings is 1. The molecule has 1 amide bonds. The first-order valence-electron chi connectivity index (χ1n) is 7.41. The van der Waals surface area contributed by atoms with Crippen molar-refractivity contribution in [3.63, 3.8) is 0 Å². The molecule has 1 heterocycles. The molecule has 1 aromatic heterocycles. The highest BCUT2D eigenvalue weighted by atomic mass is 127. The van der Waals surface area contributed by atoms with E-state index < -0.39 is 6.10 Å². The van der Waals surface area contributed by atoms with Crippen LogP contribution in [0, 0.1) is 3.57 Å². The number of hydrogen-bond acceptors (Lipinski definition) is 3. The normalized spacial score (nSPS) is 12.0. The average Bonchev–Trinajstić information content (AvgIpc) is 2.60. The monoisotopic (exact) mass is 530 g/mol. The minimum Gasteiger partial charge on any atom is -0.477 e. The van der Waals surface area contributed by atoms with E-state index in [-0.39, 0.29) is 5.91 Å². The van der Waals surface area contributed by atoms with Crippen molar-refractivity contribution in [2.75, 3.05) is 5.32 Å². The number of anilines is 1. The van der Waals surface area contributed by atoms with Gasteiger partial charge in [0, 0.05) is 21.7 Å². The molecule has 1 atom stereocenters. The van der Waals surface area contributed by atoms with E-state index in [2.05, 4.69) is 48.8 Å². The highest BCUT2D eigenvalue weighted by molar-refractivity contribution is 14.1. The molecule has 1 N–H and O–H groups in total. The maximum absolute atomic E-state index is 12.4. The lowest BCUT2D eigenvalue weighted by Crippen LogP contribution is -2.30. The molecule has 0 saturated heterocycles. The number of carbonyl (C=O) groups excluding carboxylic acids is 1. The molecule has 0 aliphatic rings. The summed E-state index contributed by atoms with van der Waals surface area (Å²) in [5, 5.41) is 4.23. The third kappa shape index (κ3) is 4.24. The molecule has 0 aliphatic heterocycles. The third-order valence-electron chi connectivity index (χ3n) is 3.53. The summed E-state index contributed by atoms with van der Waals surface area (Å²) in [7, 11) is 0. The summed E-state index contributed by atoms with van der Waals surface area (Å²) in [5.74, 6) is 0.316. The van der Waals surface area contributed by atoms with Crippen molar-refractivity contribution in [1.82, 2.24) is 4.98 Å². The van der Waals surface area contributed by atoms with Crippen molar-refractivity contribution >= 4 is 72.6 Å². The standard InChI is InChI=1S/C18H13BrClIN2O2/c1-10(18(24)23-12-6-4-11(19)5-7-12)25-17-15(21)9-14(20)13-3-2-8-22-16(13)17/h2-10H,1H3,(H,23,24). The summed E-state index contributed by atoms with van der Waals surface area (Å²) in [6.07, 6.45) is 0.984. The van der Waals surface area contributed by atoms with E-state index in [0.717, 1.165) is 13.4 Å². The molecular formula is C18H13BrClIN2O2. The highest BCUT2D eigenvalue weighted by Crippen LogP contribution is 2.35. The van der Waals surface area contributed by atoms with Crippen LogP contribution in [-0.4, -0.2) is 17.0 Å². The van der Waals surface area contributed by atoms with E-state index in [4.69, 9.17) is 16.3 Å². The van der Waals surface area contributed by atoms with E-state index in [1.54, 1.807) is 19.2 Å². The molecule has 2 aromatic carbocycles. The van der Waals surface area contributed by atoms with Gasteiger partial charge in [0.05, 0.1) is 8.59 Å². The summed E-state index contributed by atoms with van der Waals surface area (Å²) in [6, 6.07) is 12.9. The van der Waals surface area contributed by atoms with Gasteiger partial charge in [-0.3, -0.25) is 9.78 Å². The van der Waals surface area contributed by atoms with E-state index in [9.17, 15) is 4.79 Å². The second kappa shape index (κ2) is 7.88. The minimum atomic E-state index is -0.691. The zero-order chi connectivity index (χ0) is 18.0. The number of halogens is 3. The number of aromatic nitrogens is 1. The number of amides is 1. The van der Waals surface area contributed by atoms with Crippen LogP contribution in [-0.2, 0) is 4.79 Å². The zero-order valence-electron chi connectivity index (χ0n) is 13.1. The molecule has 0 aliphatic carbocycles. The third-order valence-corrected chi connectivity index (χ3v) is 5.17. The molecule has 0 radical (unpaired) electrons. The van der Waals surface area contributed by atoms with Crippen molar-refractivity contribution in [3.05, 3.63) is 61.7 Å². The molecule has 128 valence electrons. The molecule has 0 spiro atoms. The number of ether oxygens (including phenoxy) is 1. The van der Waals surface area contributed by atoms with Crippen LogP contribution in [0.1, 0.15) is 6.92 Å². The van der Waals surface area contributed by atoms with Gasteiger partial charge in [-0.1, -0.05) is 27.5 Å². The molecule has 0 saturated carbocycles. The minimum absolute atomic E-state index is 0.239. The van der Waals surface area contributed by atoms with E-state index in [1.165, 1.54) is 0 Å². The number of carbonyl (C=O) groups is 1. The van der Waals surface area contributed by atoms with Gasteiger partial charge in [-0.2, -0.15) is 0 Å². The van der Waals surface area contributed by atoms with Gasteiger partial charge < -0.3 is 10.1 Å². The van der Waals surface area contributed by atoms with Gasteiger partial charge in [-0.15, -0.1) is 0 Å². The van der Waals surface area contributed by atoms with Crippen molar-refractivity contribution in [3.8, 4) is 5.75 Å². The number of benzene rings is 2.